The molecule has 0 fully saturated rings. The number of benzene rings is 2. The summed E-state index contributed by atoms with van der Waals surface area (Å²) in [4.78, 5) is 29.5. The molecule has 158 valence electrons. The lowest BCUT2D eigenvalue weighted by Gasteiger charge is -2.05. The Hall–Kier alpha value is -2.30. The molecule has 1 amide bonds. The van der Waals surface area contributed by atoms with Crippen LogP contribution in [-0.2, 0) is 25.9 Å². The fraction of sp³-hybridized carbons (Fsp3) is 0.250. The van der Waals surface area contributed by atoms with E-state index in [2.05, 4.69) is 20.9 Å². The zero-order valence-corrected chi connectivity index (χ0v) is 19.5. The number of thiazole rings is 1. The number of ether oxygens (including phenoxy) is 1. The summed E-state index contributed by atoms with van der Waals surface area (Å²) in [5.74, 6) is -1.09. The van der Waals surface area contributed by atoms with Gasteiger partial charge in [0.15, 0.2) is 14.6 Å². The van der Waals surface area contributed by atoms with Gasteiger partial charge >= 0.3 is 5.97 Å². The van der Waals surface area contributed by atoms with Crippen molar-refractivity contribution in [2.45, 2.75) is 25.3 Å². The van der Waals surface area contributed by atoms with Gasteiger partial charge in [-0.1, -0.05) is 40.3 Å². The Bertz CT molecular complexity index is 1290. The molecule has 3 aromatic rings. The van der Waals surface area contributed by atoms with Crippen molar-refractivity contribution in [1.82, 2.24) is 4.57 Å². The van der Waals surface area contributed by atoms with E-state index in [-0.39, 0.29) is 29.4 Å². The van der Waals surface area contributed by atoms with Crippen molar-refractivity contribution in [3.8, 4) is 0 Å². The maximum absolute atomic E-state index is 12.8. The van der Waals surface area contributed by atoms with Gasteiger partial charge in [-0.2, -0.15) is 4.99 Å². The maximum Gasteiger partial charge on any atom is 0.326 e. The van der Waals surface area contributed by atoms with Crippen molar-refractivity contribution in [1.29, 1.82) is 0 Å². The van der Waals surface area contributed by atoms with E-state index in [0.717, 1.165) is 14.7 Å². The molecule has 0 aliphatic heterocycles. The molecule has 7 nitrogen and oxygen atoms in total. The molecule has 0 saturated heterocycles. The molecule has 10 heteroatoms. The zero-order chi connectivity index (χ0) is 21.9. The molecule has 30 heavy (non-hydrogen) atoms. The molecule has 1 heterocycles. The van der Waals surface area contributed by atoms with Crippen LogP contribution in [0.3, 0.4) is 0 Å². The number of carbonyl (C=O) groups is 2. The number of esters is 1. The van der Waals surface area contributed by atoms with Gasteiger partial charge in [-0.25, -0.2) is 8.42 Å². The van der Waals surface area contributed by atoms with Crippen LogP contribution < -0.4 is 4.80 Å². The van der Waals surface area contributed by atoms with Crippen molar-refractivity contribution in [3.63, 3.8) is 0 Å². The van der Waals surface area contributed by atoms with Crippen molar-refractivity contribution in [2.24, 2.45) is 4.99 Å². The highest BCUT2D eigenvalue weighted by atomic mass is 79.9. The molecule has 0 bridgehead atoms. The first kappa shape index (κ1) is 22.4. The summed E-state index contributed by atoms with van der Waals surface area (Å²) in [6.07, 6.45) is 0. The third kappa shape index (κ3) is 4.88. The average Bonchev–Trinajstić information content (AvgIpc) is 3.04. The van der Waals surface area contributed by atoms with Crippen molar-refractivity contribution >= 4 is 59.2 Å². The third-order valence-electron chi connectivity index (χ3n) is 4.25. The molecule has 0 radical (unpaired) electrons. The Morgan fingerprint density at radius 2 is 1.93 bits per heavy atom. The molecule has 3 rings (SSSR count). The summed E-state index contributed by atoms with van der Waals surface area (Å²) in [6.45, 7) is 3.42. The maximum atomic E-state index is 12.8. The van der Waals surface area contributed by atoms with Crippen molar-refractivity contribution in [2.75, 3.05) is 12.4 Å². The molecule has 0 N–H and O–H groups in total. The summed E-state index contributed by atoms with van der Waals surface area (Å²) in [5.41, 5.74) is 0.899. The van der Waals surface area contributed by atoms with E-state index in [9.17, 15) is 18.0 Å². The zero-order valence-electron chi connectivity index (χ0n) is 16.3. The normalized spacial score (nSPS) is 12.3. The molecule has 0 saturated carbocycles. The molecular formula is C20H19BrN2O5S2. The van der Waals surface area contributed by atoms with Crippen LogP contribution in [0.15, 0.2) is 56.8 Å². The van der Waals surface area contributed by atoms with Gasteiger partial charge in [-0.05, 0) is 43.3 Å². The van der Waals surface area contributed by atoms with Crippen LogP contribution in [0.1, 0.15) is 24.2 Å². The van der Waals surface area contributed by atoms with Gasteiger partial charge in [-0.3, -0.25) is 9.59 Å². The first-order valence-electron chi connectivity index (χ1n) is 9.11. The van der Waals surface area contributed by atoms with E-state index in [4.69, 9.17) is 4.74 Å². The monoisotopic (exact) mass is 510 g/mol. The SMILES string of the molecule is CCOC(=O)Cn1c(=NC(=O)c2cccc(S(=O)(=O)CC)c2)sc2cc(Br)ccc21. The van der Waals surface area contributed by atoms with Gasteiger partial charge in [0.1, 0.15) is 6.54 Å². The predicted octanol–water partition coefficient (Wildman–Crippen LogP) is 3.56. The molecule has 0 unspecified atom stereocenters. The second-order valence-corrected chi connectivity index (χ2v) is 10.4. The fourth-order valence-corrected chi connectivity index (χ4v) is 5.27. The number of fused-ring (bicyclic) bond motifs is 1. The number of hydrogen-bond acceptors (Lipinski definition) is 6. The first-order chi connectivity index (χ1) is 14.2. The fourth-order valence-electron chi connectivity index (χ4n) is 2.76. The van der Waals surface area contributed by atoms with Gasteiger partial charge in [-0.15, -0.1) is 0 Å². The highest BCUT2D eigenvalue weighted by Crippen LogP contribution is 2.22. The lowest BCUT2D eigenvalue weighted by atomic mass is 10.2. The van der Waals surface area contributed by atoms with Crippen LogP contribution in [0.5, 0.6) is 0 Å². The Morgan fingerprint density at radius 1 is 1.17 bits per heavy atom. The van der Waals surface area contributed by atoms with Crippen molar-refractivity contribution < 1.29 is 22.7 Å². The van der Waals surface area contributed by atoms with E-state index in [0.29, 0.717) is 4.80 Å². The summed E-state index contributed by atoms with van der Waals surface area (Å²) < 4.78 is 32.6. The molecule has 0 aliphatic carbocycles. The van der Waals surface area contributed by atoms with Crippen LogP contribution in [0.2, 0.25) is 0 Å². The van der Waals surface area contributed by atoms with E-state index in [1.807, 2.05) is 18.2 Å². The Kier molecular flexibility index (Phi) is 6.89. The second kappa shape index (κ2) is 9.23. The topological polar surface area (TPSA) is 94.8 Å². The van der Waals surface area contributed by atoms with Crippen LogP contribution in [0.25, 0.3) is 10.2 Å². The molecular weight excluding hydrogens is 492 g/mol. The smallest absolute Gasteiger partial charge is 0.326 e. The van der Waals surface area contributed by atoms with Crippen molar-refractivity contribution in [3.05, 3.63) is 57.3 Å². The van der Waals surface area contributed by atoms with E-state index >= 15 is 0 Å². The largest absolute Gasteiger partial charge is 0.465 e. The number of nitrogens with zero attached hydrogens (tertiary/aromatic N) is 2. The quantitative estimate of drug-likeness (QED) is 0.472. The summed E-state index contributed by atoms with van der Waals surface area (Å²) in [6, 6.07) is 11.3. The lowest BCUT2D eigenvalue weighted by Crippen LogP contribution is -2.23. The molecule has 0 spiro atoms. The molecule has 0 atom stereocenters. The average molecular weight is 511 g/mol. The molecule has 1 aromatic heterocycles. The third-order valence-corrected chi connectivity index (χ3v) is 7.52. The van der Waals surface area contributed by atoms with Crippen LogP contribution in [0, 0.1) is 0 Å². The van der Waals surface area contributed by atoms with Gasteiger partial charge < -0.3 is 9.30 Å². The van der Waals surface area contributed by atoms with Crippen LogP contribution in [0.4, 0.5) is 0 Å². The first-order valence-corrected chi connectivity index (χ1v) is 12.4. The van der Waals surface area contributed by atoms with E-state index in [1.165, 1.54) is 35.6 Å². The number of amides is 1. The van der Waals surface area contributed by atoms with E-state index in [1.54, 1.807) is 18.4 Å². The lowest BCUT2D eigenvalue weighted by molar-refractivity contribution is -0.143. The molecule has 0 aliphatic rings. The van der Waals surface area contributed by atoms with Crippen LogP contribution >= 0.6 is 27.3 Å². The minimum Gasteiger partial charge on any atom is -0.465 e. The Balaban J connectivity index is 2.10. The van der Waals surface area contributed by atoms with Gasteiger partial charge in [0, 0.05) is 10.0 Å². The number of rotatable bonds is 6. The Morgan fingerprint density at radius 3 is 2.63 bits per heavy atom. The highest BCUT2D eigenvalue weighted by Gasteiger charge is 2.16. The van der Waals surface area contributed by atoms with Gasteiger partial charge in [0.25, 0.3) is 5.91 Å². The van der Waals surface area contributed by atoms with Gasteiger partial charge in [0.2, 0.25) is 0 Å². The summed E-state index contributed by atoms with van der Waals surface area (Å²) in [7, 11) is -3.45. The predicted molar refractivity (Wildman–Crippen MR) is 118 cm³/mol. The summed E-state index contributed by atoms with van der Waals surface area (Å²) >= 11 is 4.67. The minimum absolute atomic E-state index is 0.0630. The van der Waals surface area contributed by atoms with Crippen LogP contribution in [-0.4, -0.2) is 37.2 Å². The van der Waals surface area contributed by atoms with E-state index < -0.39 is 21.7 Å². The standard InChI is InChI=1S/C20H19BrN2O5S2/c1-3-28-18(24)12-23-16-9-8-14(21)11-17(16)29-20(23)22-19(25)13-6-5-7-15(10-13)30(26,27)4-2/h5-11H,3-4,12H2,1-2H3. The second-order valence-electron chi connectivity index (χ2n) is 6.24. The number of aromatic nitrogens is 1. The van der Waals surface area contributed by atoms with Gasteiger partial charge in [0.05, 0.1) is 27.5 Å². The number of halogens is 1. The highest BCUT2D eigenvalue weighted by molar-refractivity contribution is 9.10. The number of sulfone groups is 1. The number of carbonyl (C=O) groups excluding carboxylic acids is 2. The summed E-state index contributed by atoms with van der Waals surface area (Å²) in [5, 5.41) is 0. The number of hydrogen-bond donors (Lipinski definition) is 0. The minimum atomic E-state index is -3.45. The Labute approximate surface area is 186 Å². The molecule has 2 aromatic carbocycles.